The first-order chi connectivity index (χ1) is 9.76. The third kappa shape index (κ3) is 1.80. The molecule has 20 heavy (non-hydrogen) atoms. The Bertz CT molecular complexity index is 633. The fourth-order valence-electron chi connectivity index (χ4n) is 3.98. The van der Waals surface area contributed by atoms with Crippen molar-refractivity contribution in [3.63, 3.8) is 0 Å². The smallest absolute Gasteiger partial charge is 0.137 e. The molecule has 3 nitrogen and oxygen atoms in total. The van der Waals surface area contributed by atoms with Crippen molar-refractivity contribution in [1.29, 1.82) is 0 Å². The van der Waals surface area contributed by atoms with Gasteiger partial charge in [-0.1, -0.05) is 18.2 Å². The summed E-state index contributed by atoms with van der Waals surface area (Å²) in [6.07, 6.45) is 4.48. The molecule has 0 amide bonds. The predicted molar refractivity (Wildman–Crippen MR) is 78.8 cm³/mol. The fourth-order valence-corrected chi connectivity index (χ4v) is 3.98. The third-order valence-corrected chi connectivity index (χ3v) is 4.96. The van der Waals surface area contributed by atoms with Gasteiger partial charge in [-0.15, -0.1) is 0 Å². The van der Waals surface area contributed by atoms with Crippen molar-refractivity contribution in [3.05, 3.63) is 35.6 Å². The van der Waals surface area contributed by atoms with E-state index in [1.807, 2.05) is 7.05 Å². The molecule has 0 aliphatic carbocycles. The maximum absolute atomic E-state index is 6.15. The Morgan fingerprint density at radius 3 is 2.85 bits per heavy atom. The van der Waals surface area contributed by atoms with E-state index in [0.717, 1.165) is 17.8 Å². The van der Waals surface area contributed by atoms with E-state index in [0.29, 0.717) is 18.1 Å². The molecule has 2 fully saturated rings. The number of aryl methyl sites for hydroxylation is 1. The molecule has 0 radical (unpaired) electrons. The van der Waals surface area contributed by atoms with Crippen LogP contribution < -0.4 is 5.32 Å². The van der Waals surface area contributed by atoms with Crippen LogP contribution in [0.25, 0.3) is 11.0 Å². The summed E-state index contributed by atoms with van der Waals surface area (Å²) in [6.45, 7) is 2.10. The van der Waals surface area contributed by atoms with Gasteiger partial charge >= 0.3 is 0 Å². The number of para-hydroxylation sites is 1. The van der Waals surface area contributed by atoms with Gasteiger partial charge in [-0.2, -0.15) is 0 Å². The third-order valence-electron chi connectivity index (χ3n) is 4.96. The zero-order valence-electron chi connectivity index (χ0n) is 12.1. The maximum atomic E-state index is 6.15. The number of benzene rings is 1. The van der Waals surface area contributed by atoms with Crippen molar-refractivity contribution in [3.8, 4) is 0 Å². The van der Waals surface area contributed by atoms with E-state index in [4.69, 9.17) is 9.15 Å². The minimum absolute atomic E-state index is 0.261. The highest BCUT2D eigenvalue weighted by Gasteiger charge is 2.45. The number of nitrogens with one attached hydrogen (secondary N) is 1. The lowest BCUT2D eigenvalue weighted by molar-refractivity contribution is 0.0846. The summed E-state index contributed by atoms with van der Waals surface area (Å²) >= 11 is 0. The van der Waals surface area contributed by atoms with E-state index in [-0.39, 0.29) is 6.04 Å². The zero-order valence-corrected chi connectivity index (χ0v) is 12.1. The topological polar surface area (TPSA) is 34.4 Å². The first-order valence-corrected chi connectivity index (χ1v) is 7.58. The highest BCUT2D eigenvalue weighted by Crippen LogP contribution is 2.45. The Balaban J connectivity index is 1.71. The van der Waals surface area contributed by atoms with Crippen LogP contribution in [0.4, 0.5) is 0 Å². The van der Waals surface area contributed by atoms with Gasteiger partial charge in [0.1, 0.15) is 11.3 Å². The van der Waals surface area contributed by atoms with Gasteiger partial charge in [-0.05, 0) is 44.9 Å². The number of furan rings is 1. The van der Waals surface area contributed by atoms with E-state index in [1.165, 1.54) is 23.8 Å². The van der Waals surface area contributed by atoms with Crippen LogP contribution in [-0.4, -0.2) is 19.3 Å². The van der Waals surface area contributed by atoms with Crippen molar-refractivity contribution in [2.45, 2.75) is 44.4 Å². The van der Waals surface area contributed by atoms with E-state index in [1.54, 1.807) is 0 Å². The molecule has 2 bridgehead atoms. The summed E-state index contributed by atoms with van der Waals surface area (Å²) in [4.78, 5) is 0. The molecule has 0 spiro atoms. The van der Waals surface area contributed by atoms with Crippen LogP contribution in [0.2, 0.25) is 0 Å². The molecule has 0 saturated carbocycles. The predicted octanol–water partition coefficient (Wildman–Crippen LogP) is 3.57. The molecule has 2 aromatic rings. The monoisotopic (exact) mass is 271 g/mol. The summed E-state index contributed by atoms with van der Waals surface area (Å²) in [5.41, 5.74) is 2.22. The SMILES string of the molecule is CNC(c1cc2cccc(C)c2o1)C1CC2CCC1O2. The number of rotatable bonds is 3. The van der Waals surface area contributed by atoms with Gasteiger partial charge in [0.25, 0.3) is 0 Å². The molecule has 106 valence electrons. The van der Waals surface area contributed by atoms with Crippen LogP contribution in [0.3, 0.4) is 0 Å². The molecule has 1 N–H and O–H groups in total. The van der Waals surface area contributed by atoms with Gasteiger partial charge in [0.05, 0.1) is 18.2 Å². The molecular weight excluding hydrogens is 250 g/mol. The Morgan fingerprint density at radius 2 is 2.20 bits per heavy atom. The fraction of sp³-hybridized carbons (Fsp3) is 0.529. The lowest BCUT2D eigenvalue weighted by Crippen LogP contribution is -2.31. The summed E-state index contributed by atoms with van der Waals surface area (Å²) in [6, 6.07) is 8.77. The molecular formula is C17H21NO2. The van der Waals surface area contributed by atoms with Crippen molar-refractivity contribution in [1.82, 2.24) is 5.32 Å². The van der Waals surface area contributed by atoms with Gasteiger partial charge in [0.2, 0.25) is 0 Å². The van der Waals surface area contributed by atoms with Gasteiger partial charge in [0, 0.05) is 11.3 Å². The van der Waals surface area contributed by atoms with Crippen LogP contribution in [0.1, 0.15) is 36.6 Å². The van der Waals surface area contributed by atoms with Crippen LogP contribution in [0, 0.1) is 12.8 Å². The lowest BCUT2D eigenvalue weighted by atomic mass is 9.83. The molecule has 1 aromatic carbocycles. The Labute approximate surface area is 119 Å². The summed E-state index contributed by atoms with van der Waals surface area (Å²) in [5, 5.41) is 4.65. The Morgan fingerprint density at radius 1 is 1.30 bits per heavy atom. The second-order valence-corrected chi connectivity index (χ2v) is 6.18. The van der Waals surface area contributed by atoms with Crippen LogP contribution in [0.15, 0.2) is 28.7 Å². The molecule has 2 saturated heterocycles. The second kappa shape index (κ2) is 4.61. The number of hydrogen-bond acceptors (Lipinski definition) is 3. The van der Waals surface area contributed by atoms with E-state index >= 15 is 0 Å². The summed E-state index contributed by atoms with van der Waals surface area (Å²) in [7, 11) is 2.02. The van der Waals surface area contributed by atoms with Gasteiger partial charge in [-0.25, -0.2) is 0 Å². The average molecular weight is 271 g/mol. The lowest BCUT2D eigenvalue weighted by Gasteiger charge is -2.26. The quantitative estimate of drug-likeness (QED) is 0.926. The van der Waals surface area contributed by atoms with Crippen molar-refractivity contribution in [2.24, 2.45) is 5.92 Å². The molecule has 4 unspecified atom stereocenters. The van der Waals surface area contributed by atoms with Gasteiger partial charge in [0.15, 0.2) is 0 Å². The van der Waals surface area contributed by atoms with Crippen molar-refractivity contribution in [2.75, 3.05) is 7.05 Å². The van der Waals surface area contributed by atoms with E-state index in [9.17, 15) is 0 Å². The Hall–Kier alpha value is -1.32. The minimum Gasteiger partial charge on any atom is -0.459 e. The molecule has 1 aromatic heterocycles. The maximum Gasteiger partial charge on any atom is 0.137 e. The number of fused-ring (bicyclic) bond motifs is 3. The van der Waals surface area contributed by atoms with Crippen molar-refractivity contribution < 1.29 is 9.15 Å². The van der Waals surface area contributed by atoms with E-state index < -0.39 is 0 Å². The van der Waals surface area contributed by atoms with Crippen LogP contribution in [0.5, 0.6) is 0 Å². The largest absolute Gasteiger partial charge is 0.459 e. The van der Waals surface area contributed by atoms with Gasteiger partial charge < -0.3 is 14.5 Å². The van der Waals surface area contributed by atoms with Crippen LogP contribution >= 0.6 is 0 Å². The molecule has 3 heterocycles. The van der Waals surface area contributed by atoms with Crippen molar-refractivity contribution >= 4 is 11.0 Å². The minimum atomic E-state index is 0.261. The molecule has 2 aliphatic heterocycles. The van der Waals surface area contributed by atoms with E-state index in [2.05, 4.69) is 36.5 Å². The highest BCUT2D eigenvalue weighted by molar-refractivity contribution is 5.81. The molecule has 4 atom stereocenters. The van der Waals surface area contributed by atoms with Gasteiger partial charge in [-0.3, -0.25) is 0 Å². The standard InChI is InChI=1S/C17H21NO2/c1-10-4-3-5-11-8-15(20-17(10)11)16(18-2)13-9-12-6-7-14(13)19-12/h3-5,8,12-14,16,18H,6-7,9H2,1-2H3. The molecule has 4 rings (SSSR count). The number of ether oxygens (including phenoxy) is 1. The summed E-state index contributed by atoms with van der Waals surface area (Å²) < 4.78 is 12.2. The first kappa shape index (κ1) is 12.4. The van der Waals surface area contributed by atoms with Crippen LogP contribution in [-0.2, 0) is 4.74 Å². The molecule has 3 heteroatoms. The second-order valence-electron chi connectivity index (χ2n) is 6.18. The average Bonchev–Trinajstić information content (AvgIpc) is 3.14. The highest BCUT2D eigenvalue weighted by atomic mass is 16.5. The Kier molecular flexibility index (Phi) is 2.86. The zero-order chi connectivity index (χ0) is 13.7. The normalized spacial score (nSPS) is 30.2. The molecule has 2 aliphatic rings. The first-order valence-electron chi connectivity index (χ1n) is 7.58. The number of hydrogen-bond donors (Lipinski definition) is 1. The summed E-state index contributed by atoms with van der Waals surface area (Å²) in [5.74, 6) is 1.59.